The van der Waals surface area contributed by atoms with Crippen LogP contribution in [-0.4, -0.2) is 29.9 Å². The third kappa shape index (κ3) is 2.28. The number of aliphatic carboxylic acids is 1. The average Bonchev–Trinajstić information content (AvgIpc) is 3.03. The second-order valence-corrected chi connectivity index (χ2v) is 5.93. The first kappa shape index (κ1) is 15.3. The first-order valence-electron chi connectivity index (χ1n) is 7.91. The number of nitrogens with zero attached hydrogens (tertiary/aromatic N) is 1. The van der Waals surface area contributed by atoms with E-state index in [0.29, 0.717) is 23.6 Å². The third-order valence-electron chi connectivity index (χ3n) is 4.57. The summed E-state index contributed by atoms with van der Waals surface area (Å²) in [6, 6.07) is 11.8. The zero-order valence-electron chi connectivity index (χ0n) is 13.9. The second-order valence-electron chi connectivity index (χ2n) is 5.93. The number of carboxylic acid groups (broad SMARTS) is 1. The zero-order valence-corrected chi connectivity index (χ0v) is 13.9. The average molecular weight is 335 g/mol. The molecule has 2 aromatic carbocycles. The fourth-order valence-electron chi connectivity index (χ4n) is 3.44. The normalized spacial score (nSPS) is 12.8. The summed E-state index contributed by atoms with van der Waals surface area (Å²) in [4.78, 5) is 11.5. The van der Waals surface area contributed by atoms with Crippen LogP contribution in [0.5, 0.6) is 11.5 Å². The molecule has 1 N–H and O–H groups in total. The molecule has 0 saturated carbocycles. The Kier molecular flexibility index (Phi) is 3.50. The molecule has 0 saturated heterocycles. The first-order valence-corrected chi connectivity index (χ1v) is 7.91. The standard InChI is InChI=1S/C20H17NO4/c1-24-16-9-17(25-2)18-15(12-6-4-3-5-7-12)11-21-10-13(20(22)23)8-14(16)19(18)21/h3-9,11H,10H2,1-2H3,(H,22,23). The fraction of sp³-hybridized carbons (Fsp3) is 0.150. The van der Waals surface area contributed by atoms with Crippen molar-refractivity contribution in [3.05, 3.63) is 53.7 Å². The number of benzene rings is 2. The molecule has 0 unspecified atom stereocenters. The molecule has 4 rings (SSSR count). The highest BCUT2D eigenvalue weighted by Crippen LogP contribution is 2.45. The van der Waals surface area contributed by atoms with Gasteiger partial charge in [0, 0.05) is 23.4 Å². The van der Waals surface area contributed by atoms with Gasteiger partial charge in [-0.05, 0) is 11.6 Å². The Morgan fingerprint density at radius 3 is 2.48 bits per heavy atom. The van der Waals surface area contributed by atoms with E-state index in [1.807, 2.05) is 47.2 Å². The molecule has 0 spiro atoms. The summed E-state index contributed by atoms with van der Waals surface area (Å²) >= 11 is 0. The topological polar surface area (TPSA) is 60.7 Å². The molecular weight excluding hydrogens is 318 g/mol. The van der Waals surface area contributed by atoms with E-state index in [1.54, 1.807) is 20.3 Å². The quantitative estimate of drug-likeness (QED) is 0.788. The largest absolute Gasteiger partial charge is 0.496 e. The molecule has 0 atom stereocenters. The van der Waals surface area contributed by atoms with Crippen LogP contribution >= 0.6 is 0 Å². The molecule has 5 heteroatoms. The van der Waals surface area contributed by atoms with Crippen LogP contribution in [0.4, 0.5) is 0 Å². The lowest BCUT2D eigenvalue weighted by molar-refractivity contribution is -0.132. The van der Waals surface area contributed by atoms with Crippen LogP contribution < -0.4 is 9.47 Å². The second kappa shape index (κ2) is 5.70. The van der Waals surface area contributed by atoms with E-state index in [0.717, 1.165) is 27.6 Å². The Morgan fingerprint density at radius 2 is 1.84 bits per heavy atom. The summed E-state index contributed by atoms with van der Waals surface area (Å²) in [7, 11) is 3.20. The fourth-order valence-corrected chi connectivity index (χ4v) is 3.44. The van der Waals surface area contributed by atoms with E-state index in [2.05, 4.69) is 0 Å². The van der Waals surface area contributed by atoms with E-state index in [1.165, 1.54) is 0 Å². The number of aromatic nitrogens is 1. The van der Waals surface area contributed by atoms with Gasteiger partial charge in [-0.3, -0.25) is 0 Å². The van der Waals surface area contributed by atoms with Gasteiger partial charge in [-0.1, -0.05) is 30.3 Å². The van der Waals surface area contributed by atoms with Gasteiger partial charge in [0.15, 0.2) is 0 Å². The summed E-state index contributed by atoms with van der Waals surface area (Å²) in [5.74, 6) is 0.383. The van der Waals surface area contributed by atoms with Crippen molar-refractivity contribution in [3.63, 3.8) is 0 Å². The van der Waals surface area contributed by atoms with Crippen molar-refractivity contribution in [3.8, 4) is 22.6 Å². The molecule has 0 amide bonds. The maximum atomic E-state index is 11.5. The van der Waals surface area contributed by atoms with Crippen LogP contribution in [0.1, 0.15) is 5.56 Å². The van der Waals surface area contributed by atoms with Gasteiger partial charge in [-0.15, -0.1) is 0 Å². The van der Waals surface area contributed by atoms with Crippen molar-refractivity contribution in [2.45, 2.75) is 6.54 Å². The number of rotatable bonds is 4. The van der Waals surface area contributed by atoms with Gasteiger partial charge < -0.3 is 19.1 Å². The van der Waals surface area contributed by atoms with Crippen molar-refractivity contribution in [2.75, 3.05) is 14.2 Å². The molecule has 5 nitrogen and oxygen atoms in total. The van der Waals surface area contributed by atoms with Crippen LogP contribution in [0.15, 0.2) is 48.2 Å². The lowest BCUT2D eigenvalue weighted by Gasteiger charge is -2.18. The summed E-state index contributed by atoms with van der Waals surface area (Å²) in [6.07, 6.45) is 3.68. The number of hydrogen-bond acceptors (Lipinski definition) is 3. The molecule has 1 aliphatic heterocycles. The van der Waals surface area contributed by atoms with E-state index in [-0.39, 0.29) is 0 Å². The molecule has 0 fully saturated rings. The highest BCUT2D eigenvalue weighted by atomic mass is 16.5. The van der Waals surface area contributed by atoms with Gasteiger partial charge >= 0.3 is 5.97 Å². The minimum absolute atomic E-state index is 0.308. The molecule has 3 aromatic rings. The van der Waals surface area contributed by atoms with Gasteiger partial charge in [0.25, 0.3) is 0 Å². The molecule has 0 aliphatic carbocycles. The SMILES string of the molecule is COc1cc(OC)c2c(-c3ccccc3)cn3c2c1C=C(C(=O)O)C3. The van der Waals surface area contributed by atoms with E-state index in [4.69, 9.17) is 9.47 Å². The summed E-state index contributed by atoms with van der Waals surface area (Å²) in [5.41, 5.74) is 4.09. The van der Waals surface area contributed by atoms with Crippen LogP contribution in [0.25, 0.3) is 28.1 Å². The zero-order chi connectivity index (χ0) is 17.6. The Balaban J connectivity index is 2.10. The number of ether oxygens (including phenoxy) is 2. The van der Waals surface area contributed by atoms with E-state index >= 15 is 0 Å². The predicted molar refractivity (Wildman–Crippen MR) is 96.1 cm³/mol. The third-order valence-corrected chi connectivity index (χ3v) is 4.57. The van der Waals surface area contributed by atoms with Crippen molar-refractivity contribution >= 4 is 22.9 Å². The highest BCUT2D eigenvalue weighted by molar-refractivity contribution is 6.08. The van der Waals surface area contributed by atoms with Crippen molar-refractivity contribution in [1.29, 1.82) is 0 Å². The predicted octanol–water partition coefficient (Wildman–Crippen LogP) is 3.81. The summed E-state index contributed by atoms with van der Waals surface area (Å²) in [5, 5.41) is 10.4. The van der Waals surface area contributed by atoms with Crippen molar-refractivity contribution in [1.82, 2.24) is 4.57 Å². The van der Waals surface area contributed by atoms with Gasteiger partial charge in [0.2, 0.25) is 0 Å². The molecule has 0 bridgehead atoms. The molecule has 0 radical (unpaired) electrons. The minimum Gasteiger partial charge on any atom is -0.496 e. The highest BCUT2D eigenvalue weighted by Gasteiger charge is 2.26. The Bertz CT molecular complexity index is 1020. The van der Waals surface area contributed by atoms with Gasteiger partial charge in [0.1, 0.15) is 11.5 Å². The molecule has 25 heavy (non-hydrogen) atoms. The van der Waals surface area contributed by atoms with Gasteiger partial charge in [-0.2, -0.15) is 0 Å². The maximum absolute atomic E-state index is 11.5. The monoisotopic (exact) mass is 335 g/mol. The Morgan fingerprint density at radius 1 is 1.12 bits per heavy atom. The maximum Gasteiger partial charge on any atom is 0.333 e. The van der Waals surface area contributed by atoms with E-state index in [9.17, 15) is 9.90 Å². The van der Waals surface area contributed by atoms with Crippen LogP contribution in [0.2, 0.25) is 0 Å². The van der Waals surface area contributed by atoms with Gasteiger partial charge in [0.05, 0.1) is 37.2 Å². The van der Waals surface area contributed by atoms with Gasteiger partial charge in [-0.25, -0.2) is 4.79 Å². The number of carbonyl (C=O) groups is 1. The smallest absolute Gasteiger partial charge is 0.333 e. The van der Waals surface area contributed by atoms with Crippen LogP contribution in [0, 0.1) is 0 Å². The first-order chi connectivity index (χ1) is 12.1. The summed E-state index contributed by atoms with van der Waals surface area (Å²) < 4.78 is 13.1. The number of methoxy groups -OCH3 is 2. The number of carboxylic acids is 1. The van der Waals surface area contributed by atoms with Crippen molar-refractivity contribution in [2.24, 2.45) is 0 Å². The number of hydrogen-bond donors (Lipinski definition) is 1. The Hall–Kier alpha value is -3.21. The van der Waals surface area contributed by atoms with Crippen LogP contribution in [-0.2, 0) is 11.3 Å². The minimum atomic E-state index is -0.924. The van der Waals surface area contributed by atoms with Crippen molar-refractivity contribution < 1.29 is 19.4 Å². The molecular formula is C20H17NO4. The molecule has 1 aliphatic rings. The van der Waals surface area contributed by atoms with Crippen LogP contribution in [0.3, 0.4) is 0 Å². The lowest BCUT2D eigenvalue weighted by atomic mass is 9.99. The molecule has 2 heterocycles. The lowest BCUT2D eigenvalue weighted by Crippen LogP contribution is -2.13. The molecule has 126 valence electrons. The summed E-state index contributed by atoms with van der Waals surface area (Å²) in [6.45, 7) is 0.308. The molecule has 1 aromatic heterocycles. The Labute approximate surface area is 144 Å². The van der Waals surface area contributed by atoms with E-state index < -0.39 is 5.97 Å².